The van der Waals surface area contributed by atoms with E-state index in [2.05, 4.69) is 18.8 Å². The Hall–Kier alpha value is -3.72. The molecule has 0 aliphatic heterocycles. The van der Waals surface area contributed by atoms with Crippen molar-refractivity contribution >= 4 is 5.97 Å². The molecule has 3 aromatic carbocycles. The van der Waals surface area contributed by atoms with Crippen LogP contribution in [0.3, 0.4) is 0 Å². The Balaban J connectivity index is 1.47. The number of rotatable bonds is 10. The van der Waals surface area contributed by atoms with E-state index in [-0.39, 0.29) is 11.3 Å². The van der Waals surface area contributed by atoms with Gasteiger partial charge in [0.25, 0.3) is 0 Å². The van der Waals surface area contributed by atoms with Gasteiger partial charge in [-0.05, 0) is 79.2 Å². The van der Waals surface area contributed by atoms with Crippen LogP contribution in [-0.4, -0.2) is 12.6 Å². The van der Waals surface area contributed by atoms with Crippen LogP contribution in [0.5, 0.6) is 11.5 Å². The van der Waals surface area contributed by atoms with Crippen molar-refractivity contribution < 1.29 is 27.4 Å². The molecule has 0 spiro atoms. The molecule has 6 heteroatoms. The van der Waals surface area contributed by atoms with Crippen LogP contribution in [0.2, 0.25) is 0 Å². The van der Waals surface area contributed by atoms with Crippen LogP contribution in [0.1, 0.15) is 72.5 Å². The molecule has 0 atom stereocenters. The van der Waals surface area contributed by atoms with Crippen LogP contribution in [0, 0.1) is 11.8 Å². The van der Waals surface area contributed by atoms with Crippen LogP contribution in [0.15, 0.2) is 72.8 Å². The van der Waals surface area contributed by atoms with Crippen LogP contribution < -0.4 is 9.47 Å². The number of carbonyl (C=O) groups is 1. The highest BCUT2D eigenvalue weighted by molar-refractivity contribution is 5.91. The summed E-state index contributed by atoms with van der Waals surface area (Å²) in [5.74, 6) is 6.50. The van der Waals surface area contributed by atoms with Gasteiger partial charge in [-0.15, -0.1) is 0 Å². The van der Waals surface area contributed by atoms with Gasteiger partial charge in [0.15, 0.2) is 0 Å². The number of halogens is 3. The molecule has 0 saturated heterocycles. The fourth-order valence-electron chi connectivity index (χ4n) is 3.42. The molecule has 0 heterocycles. The maximum Gasteiger partial charge on any atom is 0.416 e. The summed E-state index contributed by atoms with van der Waals surface area (Å²) in [6.45, 7) is 2.93. The summed E-state index contributed by atoms with van der Waals surface area (Å²) < 4.78 is 49.0. The molecule has 36 heavy (non-hydrogen) atoms. The van der Waals surface area contributed by atoms with Gasteiger partial charge in [-0.25, -0.2) is 4.79 Å². The third kappa shape index (κ3) is 8.81. The van der Waals surface area contributed by atoms with Gasteiger partial charge in [-0.1, -0.05) is 50.9 Å². The summed E-state index contributed by atoms with van der Waals surface area (Å²) in [6, 6.07) is 18.1. The van der Waals surface area contributed by atoms with E-state index in [4.69, 9.17) is 9.47 Å². The Morgan fingerprint density at radius 3 is 1.81 bits per heavy atom. The summed E-state index contributed by atoms with van der Waals surface area (Å²) in [6.07, 6.45) is 2.89. The standard InChI is InChI=1S/C30H29F3O3/c1-2-3-4-5-6-7-22-35-27-18-10-23(11-19-27)8-9-24-12-20-28(21-13-24)36-29(34)25-14-16-26(17-15-25)30(31,32)33/h10-21H,2-7,22H2,1H3. The van der Waals surface area contributed by atoms with Gasteiger partial charge in [0.2, 0.25) is 0 Å². The van der Waals surface area contributed by atoms with Gasteiger partial charge in [-0.3, -0.25) is 0 Å². The van der Waals surface area contributed by atoms with Crippen molar-refractivity contribution in [2.45, 2.75) is 51.6 Å². The highest BCUT2D eigenvalue weighted by atomic mass is 19.4. The summed E-state index contributed by atoms with van der Waals surface area (Å²) in [4.78, 5) is 12.2. The first-order valence-corrected chi connectivity index (χ1v) is 12.1. The minimum Gasteiger partial charge on any atom is -0.494 e. The van der Waals surface area contributed by atoms with E-state index in [0.717, 1.165) is 47.6 Å². The Kier molecular flexibility index (Phi) is 10.00. The topological polar surface area (TPSA) is 35.5 Å². The van der Waals surface area contributed by atoms with Crippen molar-refractivity contribution in [2.75, 3.05) is 6.61 Å². The Morgan fingerprint density at radius 2 is 1.25 bits per heavy atom. The maximum atomic E-state index is 12.7. The van der Waals surface area contributed by atoms with E-state index >= 15 is 0 Å². The van der Waals surface area contributed by atoms with Crippen molar-refractivity contribution in [1.29, 1.82) is 0 Å². The second-order valence-corrected chi connectivity index (χ2v) is 8.38. The molecule has 3 nitrogen and oxygen atoms in total. The number of benzene rings is 3. The Morgan fingerprint density at radius 1 is 0.722 bits per heavy atom. The average molecular weight is 495 g/mol. The number of hydrogen-bond donors (Lipinski definition) is 0. The largest absolute Gasteiger partial charge is 0.494 e. The third-order valence-electron chi connectivity index (χ3n) is 5.48. The first kappa shape index (κ1) is 26.9. The Labute approximate surface area is 210 Å². The van der Waals surface area contributed by atoms with E-state index in [1.807, 2.05) is 24.3 Å². The fourth-order valence-corrected chi connectivity index (χ4v) is 3.42. The molecule has 0 N–H and O–H groups in total. The average Bonchev–Trinajstić information content (AvgIpc) is 2.88. The van der Waals surface area contributed by atoms with Gasteiger partial charge < -0.3 is 9.47 Å². The lowest BCUT2D eigenvalue weighted by molar-refractivity contribution is -0.137. The summed E-state index contributed by atoms with van der Waals surface area (Å²) in [5, 5.41) is 0. The molecule has 0 bridgehead atoms. The zero-order valence-electron chi connectivity index (χ0n) is 20.2. The molecule has 0 fully saturated rings. The predicted molar refractivity (Wildman–Crippen MR) is 134 cm³/mol. The van der Waals surface area contributed by atoms with Gasteiger partial charge in [-0.2, -0.15) is 13.2 Å². The van der Waals surface area contributed by atoms with Crippen molar-refractivity contribution in [1.82, 2.24) is 0 Å². The zero-order chi connectivity index (χ0) is 25.8. The van der Waals surface area contributed by atoms with Crippen molar-refractivity contribution in [3.63, 3.8) is 0 Å². The molecular weight excluding hydrogens is 465 g/mol. The Bertz CT molecular complexity index is 1150. The van der Waals surface area contributed by atoms with Crippen LogP contribution >= 0.6 is 0 Å². The van der Waals surface area contributed by atoms with Crippen LogP contribution in [0.4, 0.5) is 13.2 Å². The number of esters is 1. The highest BCUT2D eigenvalue weighted by Gasteiger charge is 2.30. The number of ether oxygens (including phenoxy) is 2. The molecule has 0 saturated carbocycles. The molecular formula is C30H29F3O3. The first-order chi connectivity index (χ1) is 17.3. The molecule has 188 valence electrons. The monoisotopic (exact) mass is 494 g/mol. The predicted octanol–water partition coefficient (Wildman–Crippen LogP) is 8.06. The lowest BCUT2D eigenvalue weighted by Gasteiger charge is -2.08. The van der Waals surface area contributed by atoms with Crippen molar-refractivity contribution in [3.8, 4) is 23.3 Å². The maximum absolute atomic E-state index is 12.7. The molecule has 0 radical (unpaired) electrons. The summed E-state index contributed by atoms with van der Waals surface area (Å²) >= 11 is 0. The molecule has 3 aromatic rings. The molecule has 0 aliphatic rings. The van der Waals surface area contributed by atoms with E-state index < -0.39 is 17.7 Å². The number of unbranched alkanes of at least 4 members (excludes halogenated alkanes) is 5. The molecule has 3 rings (SSSR count). The second-order valence-electron chi connectivity index (χ2n) is 8.38. The lowest BCUT2D eigenvalue weighted by atomic mass is 10.1. The normalized spacial score (nSPS) is 10.9. The second kappa shape index (κ2) is 13.4. The summed E-state index contributed by atoms with van der Waals surface area (Å²) in [5.41, 5.74) is 0.788. The van der Waals surface area contributed by atoms with Crippen LogP contribution in [-0.2, 0) is 6.18 Å². The first-order valence-electron chi connectivity index (χ1n) is 12.1. The van der Waals surface area contributed by atoms with Gasteiger partial charge in [0.05, 0.1) is 17.7 Å². The third-order valence-corrected chi connectivity index (χ3v) is 5.48. The SMILES string of the molecule is CCCCCCCCOc1ccc(C#Cc2ccc(OC(=O)c3ccc(C(F)(F)F)cc3)cc2)cc1. The van der Waals surface area contributed by atoms with Crippen molar-refractivity contribution in [2.24, 2.45) is 0 Å². The molecule has 0 aromatic heterocycles. The number of alkyl halides is 3. The lowest BCUT2D eigenvalue weighted by Crippen LogP contribution is -2.10. The summed E-state index contributed by atoms with van der Waals surface area (Å²) in [7, 11) is 0. The van der Waals surface area contributed by atoms with Gasteiger partial charge in [0.1, 0.15) is 11.5 Å². The minimum atomic E-state index is -4.46. The van der Waals surface area contributed by atoms with E-state index in [9.17, 15) is 18.0 Å². The molecule has 0 unspecified atom stereocenters. The van der Waals surface area contributed by atoms with E-state index in [1.165, 1.54) is 32.1 Å². The number of carbonyl (C=O) groups excluding carboxylic acids is 1. The quantitative estimate of drug-likeness (QED) is 0.124. The smallest absolute Gasteiger partial charge is 0.416 e. The van der Waals surface area contributed by atoms with Crippen LogP contribution in [0.25, 0.3) is 0 Å². The fraction of sp³-hybridized carbons (Fsp3) is 0.300. The van der Waals surface area contributed by atoms with Gasteiger partial charge in [0, 0.05) is 11.1 Å². The van der Waals surface area contributed by atoms with Gasteiger partial charge >= 0.3 is 12.1 Å². The van der Waals surface area contributed by atoms with E-state index in [1.54, 1.807) is 24.3 Å². The molecule has 0 aliphatic carbocycles. The zero-order valence-corrected chi connectivity index (χ0v) is 20.2. The molecule has 0 amide bonds. The van der Waals surface area contributed by atoms with E-state index in [0.29, 0.717) is 6.61 Å². The minimum absolute atomic E-state index is 0.0336. The number of hydrogen-bond acceptors (Lipinski definition) is 3. The van der Waals surface area contributed by atoms with Crippen molar-refractivity contribution in [3.05, 3.63) is 95.1 Å². The highest BCUT2D eigenvalue weighted by Crippen LogP contribution is 2.29.